The van der Waals surface area contributed by atoms with Crippen molar-refractivity contribution in [3.63, 3.8) is 0 Å². The lowest BCUT2D eigenvalue weighted by atomic mass is 9.67. The van der Waals surface area contributed by atoms with E-state index in [-0.39, 0.29) is 0 Å². The second-order valence-corrected chi connectivity index (χ2v) is 5.99. The van der Waals surface area contributed by atoms with E-state index in [1.54, 1.807) is 0 Å². The number of amides is 1. The minimum atomic E-state index is 0.369. The summed E-state index contributed by atoms with van der Waals surface area (Å²) in [4.78, 5) is 11.6. The van der Waals surface area contributed by atoms with Crippen LogP contribution in [-0.2, 0) is 4.79 Å². The zero-order valence-electron chi connectivity index (χ0n) is 8.41. The van der Waals surface area contributed by atoms with Gasteiger partial charge in [0, 0.05) is 6.04 Å². The van der Waals surface area contributed by atoms with Gasteiger partial charge in [-0.05, 0) is 55.8 Å². The van der Waals surface area contributed by atoms with Gasteiger partial charge >= 0.3 is 0 Å². The number of rotatable bonds is 0. The van der Waals surface area contributed by atoms with Crippen LogP contribution in [-0.4, -0.2) is 11.9 Å². The largest absolute Gasteiger partial charge is 0.352 e. The number of nitrogens with one attached hydrogen (secondary N) is 1. The zero-order chi connectivity index (χ0) is 9.28. The summed E-state index contributed by atoms with van der Waals surface area (Å²) < 4.78 is 0. The first kappa shape index (κ1) is 7.72. The normalized spacial score (nSPS) is 58.7. The molecule has 4 aliphatic carbocycles. The van der Waals surface area contributed by atoms with Crippen LogP contribution < -0.4 is 5.32 Å². The zero-order valence-corrected chi connectivity index (χ0v) is 8.41. The maximum Gasteiger partial charge on any atom is 0.225 e. The highest BCUT2D eigenvalue weighted by atomic mass is 16.2. The molecule has 5 aliphatic rings. The van der Waals surface area contributed by atoms with Crippen LogP contribution in [0.15, 0.2) is 0 Å². The predicted molar refractivity (Wildman–Crippen MR) is 52.5 cm³/mol. The molecule has 0 radical (unpaired) electrons. The highest BCUT2D eigenvalue weighted by Gasteiger charge is 2.55. The van der Waals surface area contributed by atoms with Crippen molar-refractivity contribution in [2.24, 2.45) is 29.6 Å². The number of carbonyl (C=O) groups is 1. The number of hydrogen-bond acceptors (Lipinski definition) is 1. The van der Waals surface area contributed by atoms with Crippen LogP contribution in [0.5, 0.6) is 0 Å². The van der Waals surface area contributed by atoms with E-state index in [4.69, 9.17) is 0 Å². The Morgan fingerprint density at radius 3 is 2.21 bits per heavy atom. The molecule has 2 heteroatoms. The van der Waals surface area contributed by atoms with E-state index in [0.717, 1.165) is 23.7 Å². The van der Waals surface area contributed by atoms with Crippen LogP contribution in [0.3, 0.4) is 0 Å². The Bertz CT molecular complexity index is 287. The van der Waals surface area contributed by atoms with Crippen molar-refractivity contribution in [1.29, 1.82) is 0 Å². The molecule has 5 fully saturated rings. The number of carbonyl (C=O) groups excluding carboxylic acids is 1. The molecule has 0 spiro atoms. The third-order valence-electron chi connectivity index (χ3n) is 5.23. The highest BCUT2D eigenvalue weighted by molar-refractivity contribution is 5.86. The van der Waals surface area contributed by atoms with Crippen molar-refractivity contribution in [1.82, 2.24) is 5.32 Å². The van der Waals surface area contributed by atoms with Gasteiger partial charge in [0.2, 0.25) is 5.91 Å². The Morgan fingerprint density at radius 2 is 1.57 bits per heavy atom. The Kier molecular flexibility index (Phi) is 1.29. The molecule has 1 amide bonds. The van der Waals surface area contributed by atoms with Crippen LogP contribution in [0.1, 0.15) is 32.1 Å². The Balaban J connectivity index is 1.76. The maximum atomic E-state index is 11.6. The average molecular weight is 191 g/mol. The van der Waals surface area contributed by atoms with E-state index in [2.05, 4.69) is 5.32 Å². The molecule has 0 aromatic heterocycles. The van der Waals surface area contributed by atoms with E-state index in [1.807, 2.05) is 0 Å². The van der Waals surface area contributed by atoms with Crippen LogP contribution in [0.2, 0.25) is 0 Å². The van der Waals surface area contributed by atoms with Crippen molar-refractivity contribution < 1.29 is 4.79 Å². The van der Waals surface area contributed by atoms with Crippen LogP contribution in [0, 0.1) is 29.6 Å². The molecule has 2 unspecified atom stereocenters. The Morgan fingerprint density at radius 1 is 0.929 bits per heavy atom. The summed E-state index contributed by atoms with van der Waals surface area (Å²) in [6.07, 6.45) is 7.02. The molecule has 2 nitrogen and oxygen atoms in total. The number of hydrogen-bond donors (Lipinski definition) is 1. The summed E-state index contributed by atoms with van der Waals surface area (Å²) in [7, 11) is 0. The molecule has 0 aromatic rings. The molecule has 4 atom stereocenters. The van der Waals surface area contributed by atoms with E-state index in [9.17, 15) is 4.79 Å². The fourth-order valence-electron chi connectivity index (χ4n) is 4.88. The van der Waals surface area contributed by atoms with Gasteiger partial charge in [-0.3, -0.25) is 4.79 Å². The molecule has 4 saturated carbocycles. The fourth-order valence-corrected chi connectivity index (χ4v) is 4.88. The topological polar surface area (TPSA) is 29.1 Å². The van der Waals surface area contributed by atoms with E-state index < -0.39 is 0 Å². The fraction of sp³-hybridized carbons (Fsp3) is 0.917. The minimum Gasteiger partial charge on any atom is -0.352 e. The molecule has 4 bridgehead atoms. The van der Waals surface area contributed by atoms with Gasteiger partial charge in [0.1, 0.15) is 0 Å². The Hall–Kier alpha value is -0.530. The molecular weight excluding hydrogens is 174 g/mol. The summed E-state index contributed by atoms with van der Waals surface area (Å²) in [6.45, 7) is 0. The van der Waals surface area contributed by atoms with Gasteiger partial charge in [0.15, 0.2) is 0 Å². The predicted octanol–water partition coefficient (Wildman–Crippen LogP) is 1.56. The van der Waals surface area contributed by atoms with Gasteiger partial charge in [-0.2, -0.15) is 0 Å². The lowest BCUT2D eigenvalue weighted by Crippen LogP contribution is -2.62. The molecular formula is C12H17NO. The number of β-lactam (4-membered cyclic amide) rings is 1. The second kappa shape index (κ2) is 2.34. The molecule has 1 saturated heterocycles. The van der Waals surface area contributed by atoms with Gasteiger partial charge in [-0.15, -0.1) is 0 Å². The van der Waals surface area contributed by atoms with Gasteiger partial charge in [-0.25, -0.2) is 0 Å². The first-order valence-corrected chi connectivity index (χ1v) is 6.11. The quantitative estimate of drug-likeness (QED) is 0.578. The monoisotopic (exact) mass is 191 g/mol. The molecule has 1 aliphatic heterocycles. The van der Waals surface area contributed by atoms with Crippen molar-refractivity contribution >= 4 is 5.91 Å². The van der Waals surface area contributed by atoms with Gasteiger partial charge < -0.3 is 5.32 Å². The van der Waals surface area contributed by atoms with Crippen molar-refractivity contribution in [3.8, 4) is 0 Å². The van der Waals surface area contributed by atoms with Gasteiger partial charge in [-0.1, -0.05) is 0 Å². The second-order valence-electron chi connectivity index (χ2n) is 5.99. The standard InChI is InChI=1S/C12H17NO/c14-12-10-8-2-6-1-7(3-8)5-9(4-6)11(10)13-12/h6-11H,1-5H2,(H,13,14)/t6?,7?,8?,9?,10-,11+/m1/s1. The van der Waals surface area contributed by atoms with Gasteiger partial charge in [0.05, 0.1) is 5.92 Å². The Labute approximate surface area is 84.4 Å². The lowest BCUT2D eigenvalue weighted by Gasteiger charge is -2.41. The molecule has 5 rings (SSSR count). The van der Waals surface area contributed by atoms with Crippen LogP contribution in [0.4, 0.5) is 0 Å². The molecule has 1 heterocycles. The summed E-state index contributed by atoms with van der Waals surface area (Å²) in [5.74, 6) is 4.33. The van der Waals surface area contributed by atoms with Crippen LogP contribution in [0.25, 0.3) is 0 Å². The van der Waals surface area contributed by atoms with Crippen LogP contribution >= 0.6 is 0 Å². The smallest absolute Gasteiger partial charge is 0.225 e. The molecule has 0 aromatic carbocycles. The van der Waals surface area contributed by atoms with Crippen molar-refractivity contribution in [2.75, 3.05) is 0 Å². The average Bonchev–Trinajstić information content (AvgIpc) is 2.23. The molecule has 14 heavy (non-hydrogen) atoms. The first-order chi connectivity index (χ1) is 6.81. The summed E-state index contributed by atoms with van der Waals surface area (Å²) in [5.41, 5.74) is 0. The summed E-state index contributed by atoms with van der Waals surface area (Å²) >= 11 is 0. The summed E-state index contributed by atoms with van der Waals surface area (Å²) in [5, 5.41) is 3.16. The molecule has 76 valence electrons. The SMILES string of the molecule is O=C1N[C@H]2C3CC4CC(CC(C4)[C@@H]12)C3. The first-order valence-electron chi connectivity index (χ1n) is 6.11. The van der Waals surface area contributed by atoms with E-state index >= 15 is 0 Å². The molecule has 1 N–H and O–H groups in total. The minimum absolute atomic E-state index is 0.369. The summed E-state index contributed by atoms with van der Waals surface area (Å²) in [6, 6.07) is 0.586. The van der Waals surface area contributed by atoms with Crippen molar-refractivity contribution in [3.05, 3.63) is 0 Å². The van der Waals surface area contributed by atoms with E-state index in [1.165, 1.54) is 32.1 Å². The lowest BCUT2D eigenvalue weighted by molar-refractivity contribution is -0.139. The third kappa shape index (κ3) is 0.807. The maximum absolute atomic E-state index is 11.6. The van der Waals surface area contributed by atoms with E-state index in [0.29, 0.717) is 17.9 Å². The highest BCUT2D eigenvalue weighted by Crippen LogP contribution is 2.55. The van der Waals surface area contributed by atoms with Crippen molar-refractivity contribution in [2.45, 2.75) is 38.1 Å². The van der Waals surface area contributed by atoms with Gasteiger partial charge in [0.25, 0.3) is 0 Å². The third-order valence-corrected chi connectivity index (χ3v) is 5.23.